The second-order valence-electron chi connectivity index (χ2n) is 3.35. The minimum absolute atomic E-state index is 0.758. The summed E-state index contributed by atoms with van der Waals surface area (Å²) in [5, 5.41) is 4.24. The number of aromatic nitrogens is 5. The van der Waals surface area contributed by atoms with Crippen LogP contribution in [0.15, 0.2) is 31.4 Å². The Labute approximate surface area is 82.8 Å². The van der Waals surface area contributed by atoms with Crippen LogP contribution in [0.3, 0.4) is 0 Å². The average molecular weight is 193 g/mol. The number of aryl methyl sites for hydroxylation is 2. The highest BCUT2D eigenvalue weighted by Crippen LogP contribution is 1.85. The van der Waals surface area contributed by atoms with Gasteiger partial charge in [0.05, 0.1) is 13.6 Å². The predicted molar refractivity (Wildman–Crippen MR) is 49.1 cm³/mol. The standard InChI is InChI=1S/C9H15N5/c1-3-12-6-10-14(8-12)9-13-5-4-11(2)7-13/h4-8H,3,9H2,1-2H3/q+2. The van der Waals surface area contributed by atoms with Crippen LogP contribution < -0.4 is 9.13 Å². The van der Waals surface area contributed by atoms with Crippen LogP contribution in [0.4, 0.5) is 0 Å². The van der Waals surface area contributed by atoms with E-state index in [1.54, 1.807) is 0 Å². The van der Waals surface area contributed by atoms with Gasteiger partial charge in [-0.3, -0.25) is 0 Å². The van der Waals surface area contributed by atoms with E-state index in [0.29, 0.717) is 0 Å². The van der Waals surface area contributed by atoms with Gasteiger partial charge in [-0.15, -0.1) is 0 Å². The van der Waals surface area contributed by atoms with Crippen molar-refractivity contribution < 1.29 is 9.13 Å². The molecular formula is C9H15N5+2. The first-order valence-electron chi connectivity index (χ1n) is 4.70. The molecule has 2 rings (SSSR count). The predicted octanol–water partition coefficient (Wildman–Crippen LogP) is -0.678. The van der Waals surface area contributed by atoms with E-state index < -0.39 is 0 Å². The first-order chi connectivity index (χ1) is 6.78. The highest BCUT2D eigenvalue weighted by Gasteiger charge is 2.07. The van der Waals surface area contributed by atoms with Crippen molar-refractivity contribution in [3.63, 3.8) is 0 Å². The van der Waals surface area contributed by atoms with Gasteiger partial charge in [-0.25, -0.2) is 13.7 Å². The Bertz CT molecular complexity index is 414. The van der Waals surface area contributed by atoms with Crippen molar-refractivity contribution in [1.29, 1.82) is 0 Å². The zero-order chi connectivity index (χ0) is 9.97. The Morgan fingerprint density at radius 3 is 2.79 bits per heavy atom. The van der Waals surface area contributed by atoms with Crippen molar-refractivity contribution in [3.8, 4) is 0 Å². The minimum atomic E-state index is 0.758. The van der Waals surface area contributed by atoms with E-state index in [-0.39, 0.29) is 0 Å². The van der Waals surface area contributed by atoms with Gasteiger partial charge in [-0.05, 0) is 6.92 Å². The van der Waals surface area contributed by atoms with Crippen LogP contribution in [0.1, 0.15) is 6.92 Å². The third-order valence-corrected chi connectivity index (χ3v) is 2.13. The van der Waals surface area contributed by atoms with Crippen LogP contribution in [0.5, 0.6) is 0 Å². The monoisotopic (exact) mass is 193 g/mol. The first kappa shape index (κ1) is 8.93. The summed E-state index contributed by atoms with van der Waals surface area (Å²) in [6.45, 7) is 3.81. The van der Waals surface area contributed by atoms with Gasteiger partial charge in [0.15, 0.2) is 0 Å². The second-order valence-corrected chi connectivity index (χ2v) is 3.35. The van der Waals surface area contributed by atoms with Gasteiger partial charge in [0.2, 0.25) is 19.3 Å². The lowest BCUT2D eigenvalue weighted by molar-refractivity contribution is -0.694. The van der Waals surface area contributed by atoms with Gasteiger partial charge in [0.1, 0.15) is 12.4 Å². The summed E-state index contributed by atoms with van der Waals surface area (Å²) in [4.78, 5) is 0. The van der Waals surface area contributed by atoms with Crippen LogP contribution in [-0.4, -0.2) is 14.3 Å². The van der Waals surface area contributed by atoms with Gasteiger partial charge in [-0.2, -0.15) is 0 Å². The summed E-state index contributed by atoms with van der Waals surface area (Å²) < 4.78 is 8.04. The lowest BCUT2D eigenvalue weighted by atomic mass is 10.7. The molecule has 0 aliphatic carbocycles. The molecule has 0 bridgehead atoms. The molecule has 0 atom stereocenters. The number of imidazole rings is 1. The van der Waals surface area contributed by atoms with Crippen molar-refractivity contribution in [3.05, 3.63) is 31.4 Å². The summed E-state index contributed by atoms with van der Waals surface area (Å²) in [7, 11) is 2.01. The summed E-state index contributed by atoms with van der Waals surface area (Å²) in [6.07, 6.45) is 9.90. The highest BCUT2D eigenvalue weighted by atomic mass is 15.4. The Balaban J connectivity index is 2.10. The van der Waals surface area contributed by atoms with Gasteiger partial charge in [0.25, 0.3) is 6.33 Å². The van der Waals surface area contributed by atoms with E-state index in [2.05, 4.69) is 16.6 Å². The summed E-state index contributed by atoms with van der Waals surface area (Å²) >= 11 is 0. The summed E-state index contributed by atoms with van der Waals surface area (Å²) in [6, 6.07) is 0. The van der Waals surface area contributed by atoms with Crippen LogP contribution in [0.25, 0.3) is 0 Å². The topological polar surface area (TPSA) is 30.5 Å². The average Bonchev–Trinajstić information content (AvgIpc) is 2.76. The van der Waals surface area contributed by atoms with E-state index in [1.165, 1.54) is 0 Å². The molecule has 14 heavy (non-hydrogen) atoms. The lowest BCUT2D eigenvalue weighted by Gasteiger charge is -1.88. The maximum atomic E-state index is 4.24. The van der Waals surface area contributed by atoms with Crippen LogP contribution in [0.2, 0.25) is 0 Å². The Hall–Kier alpha value is -1.65. The molecule has 0 radical (unpaired) electrons. The highest BCUT2D eigenvalue weighted by molar-refractivity contribution is 4.65. The van der Waals surface area contributed by atoms with Crippen molar-refractivity contribution in [2.24, 2.45) is 7.05 Å². The SMILES string of the molecule is CC[n+]1cnn(Cn2cc[n+](C)c2)c1. The van der Waals surface area contributed by atoms with E-state index in [0.717, 1.165) is 13.2 Å². The minimum Gasteiger partial charge on any atom is -0.239 e. The molecule has 5 heteroatoms. The van der Waals surface area contributed by atoms with Crippen molar-refractivity contribution >= 4 is 0 Å². The number of nitrogens with zero attached hydrogens (tertiary/aromatic N) is 5. The second kappa shape index (κ2) is 3.61. The molecule has 0 saturated heterocycles. The zero-order valence-corrected chi connectivity index (χ0v) is 8.54. The van der Waals surface area contributed by atoms with Crippen molar-refractivity contribution in [2.45, 2.75) is 20.1 Å². The molecular weight excluding hydrogens is 178 g/mol. The quantitative estimate of drug-likeness (QED) is 0.594. The largest absolute Gasteiger partial charge is 0.265 e. The van der Waals surface area contributed by atoms with E-state index in [1.807, 2.05) is 52.2 Å². The first-order valence-corrected chi connectivity index (χ1v) is 4.70. The third kappa shape index (κ3) is 1.81. The molecule has 2 heterocycles. The molecule has 0 saturated carbocycles. The van der Waals surface area contributed by atoms with Crippen molar-refractivity contribution in [1.82, 2.24) is 14.3 Å². The van der Waals surface area contributed by atoms with Gasteiger partial charge in [-0.1, -0.05) is 4.68 Å². The molecule has 0 aromatic carbocycles. The van der Waals surface area contributed by atoms with Crippen LogP contribution in [0, 0.1) is 0 Å². The fourth-order valence-electron chi connectivity index (χ4n) is 1.35. The Morgan fingerprint density at radius 2 is 2.21 bits per heavy atom. The number of rotatable bonds is 3. The van der Waals surface area contributed by atoms with Crippen LogP contribution in [-0.2, 0) is 20.3 Å². The molecule has 0 unspecified atom stereocenters. The molecule has 2 aromatic heterocycles. The van der Waals surface area contributed by atoms with Crippen LogP contribution >= 0.6 is 0 Å². The molecule has 5 nitrogen and oxygen atoms in total. The van der Waals surface area contributed by atoms with Gasteiger partial charge in [0, 0.05) is 5.10 Å². The maximum Gasteiger partial charge on any atom is 0.265 e. The molecule has 0 amide bonds. The lowest BCUT2D eigenvalue weighted by Crippen LogP contribution is -2.29. The van der Waals surface area contributed by atoms with E-state index >= 15 is 0 Å². The molecule has 0 spiro atoms. The van der Waals surface area contributed by atoms with Crippen molar-refractivity contribution in [2.75, 3.05) is 0 Å². The summed E-state index contributed by atoms with van der Waals surface area (Å²) in [5.74, 6) is 0. The zero-order valence-electron chi connectivity index (χ0n) is 8.54. The fourth-order valence-corrected chi connectivity index (χ4v) is 1.35. The number of hydrogen-bond acceptors (Lipinski definition) is 1. The molecule has 0 N–H and O–H groups in total. The third-order valence-electron chi connectivity index (χ3n) is 2.13. The number of hydrogen-bond donors (Lipinski definition) is 0. The van der Waals surface area contributed by atoms with Gasteiger partial charge >= 0.3 is 0 Å². The molecule has 0 fully saturated rings. The molecule has 0 aliphatic rings. The van der Waals surface area contributed by atoms with Gasteiger partial charge < -0.3 is 0 Å². The Kier molecular flexibility index (Phi) is 2.30. The van der Waals surface area contributed by atoms with E-state index in [4.69, 9.17) is 0 Å². The molecule has 0 aliphatic heterocycles. The van der Waals surface area contributed by atoms with E-state index in [9.17, 15) is 0 Å². The Morgan fingerprint density at radius 1 is 1.36 bits per heavy atom. The smallest absolute Gasteiger partial charge is 0.239 e. The maximum absolute atomic E-state index is 4.24. The normalized spacial score (nSPS) is 10.7. The fraction of sp³-hybridized carbons (Fsp3) is 0.444. The summed E-state index contributed by atoms with van der Waals surface area (Å²) in [5.41, 5.74) is 0. The molecule has 2 aromatic rings. The molecule has 74 valence electrons.